The fourth-order valence-electron chi connectivity index (χ4n) is 3.99. The molecule has 0 bridgehead atoms. The van der Waals surface area contributed by atoms with E-state index in [2.05, 4.69) is 10.4 Å². The molecular weight excluding hydrogens is 357 g/mol. The van der Waals surface area contributed by atoms with Crippen LogP contribution in [0.3, 0.4) is 0 Å². The van der Waals surface area contributed by atoms with Gasteiger partial charge in [0, 0.05) is 31.4 Å². The average Bonchev–Trinajstić information content (AvgIpc) is 3.32. The fourth-order valence-corrected chi connectivity index (χ4v) is 3.99. The summed E-state index contributed by atoms with van der Waals surface area (Å²) in [7, 11) is 0. The third-order valence-electron chi connectivity index (χ3n) is 5.68. The second-order valence-electron chi connectivity index (χ2n) is 7.41. The van der Waals surface area contributed by atoms with Crippen LogP contribution in [0, 0.1) is 5.41 Å². The van der Waals surface area contributed by atoms with E-state index in [1.807, 2.05) is 4.90 Å². The highest BCUT2D eigenvalue weighted by Crippen LogP contribution is 2.37. The van der Waals surface area contributed by atoms with Crippen molar-refractivity contribution in [3.8, 4) is 5.69 Å². The van der Waals surface area contributed by atoms with Crippen LogP contribution in [0.1, 0.15) is 35.3 Å². The highest BCUT2D eigenvalue weighted by molar-refractivity contribution is 5.94. The summed E-state index contributed by atoms with van der Waals surface area (Å²) < 4.78 is 39.4. The van der Waals surface area contributed by atoms with Gasteiger partial charge in [0.25, 0.3) is 5.91 Å². The molecule has 8 heteroatoms. The lowest BCUT2D eigenvalue weighted by molar-refractivity contribution is -0.141. The van der Waals surface area contributed by atoms with Crippen LogP contribution in [0.15, 0.2) is 36.5 Å². The van der Waals surface area contributed by atoms with Crippen molar-refractivity contribution >= 4 is 5.91 Å². The number of aromatic nitrogens is 2. The lowest BCUT2D eigenvalue weighted by atomic mass is 9.78. The monoisotopic (exact) mass is 378 g/mol. The Kier molecular flexibility index (Phi) is 4.46. The molecule has 2 saturated heterocycles. The number of hydrogen-bond acceptors (Lipinski definition) is 3. The van der Waals surface area contributed by atoms with Crippen LogP contribution in [0.5, 0.6) is 0 Å². The van der Waals surface area contributed by atoms with E-state index in [0.29, 0.717) is 29.8 Å². The predicted octanol–water partition coefficient (Wildman–Crippen LogP) is 3.11. The van der Waals surface area contributed by atoms with Crippen molar-refractivity contribution in [2.45, 2.75) is 25.4 Å². The number of hydrogen-bond donors (Lipinski definition) is 1. The molecule has 27 heavy (non-hydrogen) atoms. The summed E-state index contributed by atoms with van der Waals surface area (Å²) in [6.45, 7) is 3.49. The van der Waals surface area contributed by atoms with Crippen LogP contribution in [0.4, 0.5) is 13.2 Å². The van der Waals surface area contributed by atoms with E-state index < -0.39 is 11.9 Å². The first kappa shape index (κ1) is 18.0. The van der Waals surface area contributed by atoms with Gasteiger partial charge in [-0.2, -0.15) is 18.3 Å². The van der Waals surface area contributed by atoms with E-state index in [1.54, 1.807) is 24.3 Å². The first-order valence-corrected chi connectivity index (χ1v) is 9.10. The van der Waals surface area contributed by atoms with Crippen LogP contribution in [-0.4, -0.2) is 46.8 Å². The Hall–Kier alpha value is -2.35. The number of carbonyl (C=O) groups is 1. The van der Waals surface area contributed by atoms with Crippen molar-refractivity contribution in [3.05, 3.63) is 47.8 Å². The molecule has 1 spiro atoms. The lowest BCUT2D eigenvalue weighted by Crippen LogP contribution is -2.44. The number of amides is 1. The molecule has 0 saturated carbocycles. The number of halogens is 3. The highest BCUT2D eigenvalue weighted by Gasteiger charge is 2.38. The van der Waals surface area contributed by atoms with Crippen molar-refractivity contribution in [1.29, 1.82) is 0 Å². The minimum absolute atomic E-state index is 0.0825. The van der Waals surface area contributed by atoms with E-state index in [1.165, 1.54) is 6.20 Å². The number of nitrogens with zero attached hydrogens (tertiary/aromatic N) is 3. The molecule has 5 nitrogen and oxygen atoms in total. The second kappa shape index (κ2) is 6.67. The maximum atomic E-state index is 12.9. The van der Waals surface area contributed by atoms with Crippen molar-refractivity contribution in [2.75, 3.05) is 26.2 Å². The molecule has 0 atom stereocenters. The zero-order chi connectivity index (χ0) is 19.1. The Morgan fingerprint density at radius 1 is 1.15 bits per heavy atom. The molecule has 0 aliphatic carbocycles. The van der Waals surface area contributed by atoms with Gasteiger partial charge in [-0.05, 0) is 55.5 Å². The molecule has 0 radical (unpaired) electrons. The zero-order valence-corrected chi connectivity index (χ0v) is 14.8. The van der Waals surface area contributed by atoms with Gasteiger partial charge >= 0.3 is 6.18 Å². The van der Waals surface area contributed by atoms with Crippen LogP contribution < -0.4 is 5.32 Å². The number of alkyl halides is 3. The van der Waals surface area contributed by atoms with E-state index >= 15 is 0 Å². The molecule has 0 unspecified atom stereocenters. The van der Waals surface area contributed by atoms with Gasteiger partial charge in [-0.25, -0.2) is 4.68 Å². The topological polar surface area (TPSA) is 50.2 Å². The quantitative estimate of drug-likeness (QED) is 0.874. The van der Waals surface area contributed by atoms with Crippen molar-refractivity contribution < 1.29 is 18.0 Å². The molecule has 1 aromatic carbocycles. The molecule has 2 fully saturated rings. The summed E-state index contributed by atoms with van der Waals surface area (Å²) in [6.07, 6.45) is -0.105. The molecule has 144 valence electrons. The summed E-state index contributed by atoms with van der Waals surface area (Å²) in [5, 5.41) is 6.98. The van der Waals surface area contributed by atoms with Crippen molar-refractivity contribution in [2.24, 2.45) is 5.41 Å². The molecule has 2 aliphatic heterocycles. The van der Waals surface area contributed by atoms with Gasteiger partial charge in [0.2, 0.25) is 0 Å². The molecule has 3 heterocycles. The Bertz CT molecular complexity index is 829. The van der Waals surface area contributed by atoms with Gasteiger partial charge in [0.1, 0.15) is 0 Å². The Morgan fingerprint density at radius 2 is 1.93 bits per heavy atom. The first-order valence-electron chi connectivity index (χ1n) is 9.10. The van der Waals surface area contributed by atoms with E-state index in [9.17, 15) is 18.0 Å². The van der Waals surface area contributed by atoms with E-state index in [-0.39, 0.29) is 5.91 Å². The Labute approximate surface area is 155 Å². The number of likely N-dealkylation sites (tertiary alicyclic amines) is 1. The van der Waals surface area contributed by atoms with Crippen LogP contribution in [-0.2, 0) is 6.18 Å². The summed E-state index contributed by atoms with van der Waals surface area (Å²) in [4.78, 5) is 14.7. The molecule has 2 aliphatic rings. The SMILES string of the molecule is O=C(c1cccc(-n2ccc(C(F)(F)F)n2)c1)N1CCC2(CCNC2)CC1. The van der Waals surface area contributed by atoms with E-state index in [4.69, 9.17) is 0 Å². The lowest BCUT2D eigenvalue weighted by Gasteiger charge is -2.39. The van der Waals surface area contributed by atoms with Crippen LogP contribution >= 0.6 is 0 Å². The smallest absolute Gasteiger partial charge is 0.339 e. The van der Waals surface area contributed by atoms with Crippen LogP contribution in [0.2, 0.25) is 0 Å². The molecular formula is C19H21F3N4O. The van der Waals surface area contributed by atoms with Gasteiger partial charge in [-0.1, -0.05) is 6.07 Å². The number of carbonyl (C=O) groups excluding carboxylic acids is 1. The second-order valence-corrected chi connectivity index (χ2v) is 7.41. The van der Waals surface area contributed by atoms with Gasteiger partial charge in [0.05, 0.1) is 5.69 Å². The van der Waals surface area contributed by atoms with Gasteiger partial charge < -0.3 is 10.2 Å². The molecule has 4 rings (SSSR count). The summed E-state index contributed by atoms with van der Waals surface area (Å²) in [5.41, 5.74) is 0.273. The number of rotatable bonds is 2. The minimum Gasteiger partial charge on any atom is -0.339 e. The fraction of sp³-hybridized carbons (Fsp3) is 0.474. The summed E-state index contributed by atoms with van der Waals surface area (Å²) in [6, 6.07) is 7.52. The van der Waals surface area contributed by atoms with Gasteiger partial charge in [-0.3, -0.25) is 4.79 Å². The Morgan fingerprint density at radius 3 is 2.56 bits per heavy atom. The molecule has 1 aromatic heterocycles. The maximum Gasteiger partial charge on any atom is 0.435 e. The minimum atomic E-state index is -4.49. The van der Waals surface area contributed by atoms with Gasteiger partial charge in [0.15, 0.2) is 5.69 Å². The van der Waals surface area contributed by atoms with Crippen LogP contribution in [0.25, 0.3) is 5.69 Å². The summed E-state index contributed by atoms with van der Waals surface area (Å²) in [5.74, 6) is -0.0825. The number of nitrogens with one attached hydrogen (secondary N) is 1. The van der Waals surface area contributed by atoms with Crippen molar-refractivity contribution in [1.82, 2.24) is 20.0 Å². The molecule has 2 aromatic rings. The zero-order valence-electron chi connectivity index (χ0n) is 14.8. The number of piperidine rings is 1. The highest BCUT2D eigenvalue weighted by atomic mass is 19.4. The predicted molar refractivity (Wildman–Crippen MR) is 93.6 cm³/mol. The molecule has 1 amide bonds. The normalized spacial score (nSPS) is 19.6. The third-order valence-corrected chi connectivity index (χ3v) is 5.68. The standard InChI is InChI=1S/C19H21F3N4O/c20-19(21,22)16-4-9-26(24-16)15-3-1-2-14(12-15)17(27)25-10-6-18(7-11-25)5-8-23-13-18/h1-4,9,12,23H,5-8,10-11,13H2. The van der Waals surface area contributed by atoms with Gasteiger partial charge in [-0.15, -0.1) is 0 Å². The van der Waals surface area contributed by atoms with Crippen molar-refractivity contribution in [3.63, 3.8) is 0 Å². The van der Waals surface area contributed by atoms with E-state index in [0.717, 1.165) is 43.1 Å². The first-order chi connectivity index (χ1) is 12.9. The number of benzene rings is 1. The largest absolute Gasteiger partial charge is 0.435 e. The Balaban J connectivity index is 1.49. The third kappa shape index (κ3) is 3.58. The summed E-state index contributed by atoms with van der Waals surface area (Å²) >= 11 is 0. The average molecular weight is 378 g/mol. The maximum absolute atomic E-state index is 12.9. The molecule has 1 N–H and O–H groups in total.